The van der Waals surface area contributed by atoms with Crippen molar-refractivity contribution >= 4 is 43.3 Å². The molecule has 8 N–H and O–H groups in total. The van der Waals surface area contributed by atoms with Gasteiger partial charge in [-0.3, -0.25) is 0 Å². The molecule has 0 saturated heterocycles. The van der Waals surface area contributed by atoms with Gasteiger partial charge in [-0.15, -0.1) is 8.73 Å². The van der Waals surface area contributed by atoms with Gasteiger partial charge in [0, 0.05) is 34.6 Å². The lowest BCUT2D eigenvalue weighted by Crippen LogP contribution is -2.19. The first-order valence-corrected chi connectivity index (χ1v) is 23.0. The van der Waals surface area contributed by atoms with Crippen molar-refractivity contribution in [2.45, 2.75) is 127 Å². The number of nitrogens with two attached hydrogens (primary N) is 2. The van der Waals surface area contributed by atoms with E-state index in [1.807, 2.05) is 0 Å². The average Bonchev–Trinajstić information content (AvgIpc) is 3.94. The maximum Gasteiger partial charge on any atom is 0.354 e. The lowest BCUT2D eigenvalue weighted by molar-refractivity contribution is 0.0763. The zero-order valence-corrected chi connectivity index (χ0v) is 35.4. The van der Waals surface area contributed by atoms with Gasteiger partial charge in [0.2, 0.25) is 10.2 Å². The number of rotatable bonds is 7. The Balaban J connectivity index is 1.04. The molecule has 16 heteroatoms. The van der Waals surface area contributed by atoms with Crippen LogP contribution in [0.25, 0.3) is 0 Å². The third kappa shape index (κ3) is 7.43. The molecule has 2 aromatic carbocycles. The maximum absolute atomic E-state index is 13.5. The molecular weight excluding hydrogens is 781 g/mol. The van der Waals surface area contributed by atoms with Crippen molar-refractivity contribution in [3.05, 3.63) is 91.4 Å². The summed E-state index contributed by atoms with van der Waals surface area (Å²) in [7, 11) is -7.52. The lowest BCUT2D eigenvalue weighted by atomic mass is 9.87. The topological polar surface area (TPSA) is 236 Å². The van der Waals surface area contributed by atoms with Gasteiger partial charge in [-0.1, -0.05) is 12.1 Å². The van der Waals surface area contributed by atoms with Gasteiger partial charge in [0.15, 0.2) is 19.8 Å². The summed E-state index contributed by atoms with van der Waals surface area (Å²) in [6.07, 6.45) is 8.42. The summed E-state index contributed by atoms with van der Waals surface area (Å²) in [6.45, 7) is 9.56. The number of carbonyl (C=O) groups is 2. The molecule has 0 radical (unpaired) electrons. The highest BCUT2D eigenvalue weighted by Crippen LogP contribution is 2.48. The molecule has 0 saturated carbocycles. The molecule has 4 aliphatic carbocycles. The van der Waals surface area contributed by atoms with Crippen LogP contribution >= 0.6 is 0 Å². The molecule has 58 heavy (non-hydrogen) atoms. The molecule has 4 amide bonds. The van der Waals surface area contributed by atoms with Crippen molar-refractivity contribution in [3.8, 4) is 0 Å². The van der Waals surface area contributed by atoms with Crippen LogP contribution in [-0.2, 0) is 82.4 Å². The fourth-order valence-corrected chi connectivity index (χ4v) is 11.6. The Morgan fingerprint density at radius 1 is 0.638 bits per heavy atom. The summed E-state index contributed by atoms with van der Waals surface area (Å²) >= 11 is 0. The number of hydrogen-bond donors (Lipinski definition) is 6. The minimum Gasteiger partial charge on any atom is -0.450 e. The van der Waals surface area contributed by atoms with Gasteiger partial charge in [-0.25, -0.2) is 28.3 Å². The molecule has 0 fully saturated rings. The highest BCUT2D eigenvalue weighted by molar-refractivity contribution is 7.91. The molecule has 4 aliphatic rings. The normalized spacial score (nSPS) is 20.4. The Bertz CT molecular complexity index is 2480. The fourth-order valence-electron chi connectivity index (χ4n) is 9.75. The third-order valence-electron chi connectivity index (χ3n) is 12.3. The molecule has 8 rings (SSSR count). The first kappa shape index (κ1) is 40.5. The van der Waals surface area contributed by atoms with Crippen molar-refractivity contribution in [2.24, 2.45) is 30.8 Å². The summed E-state index contributed by atoms with van der Waals surface area (Å²) in [5.74, 6) is 1.18. The van der Waals surface area contributed by atoms with E-state index >= 15 is 0 Å². The van der Waals surface area contributed by atoms with Crippen molar-refractivity contribution in [3.63, 3.8) is 0 Å². The van der Waals surface area contributed by atoms with E-state index in [0.717, 1.165) is 97.8 Å². The van der Waals surface area contributed by atoms with Crippen molar-refractivity contribution in [1.82, 2.24) is 0 Å². The fraction of sp³-hybridized carbons (Fsp3) is 0.476. The zero-order chi connectivity index (χ0) is 41.7. The second-order valence-electron chi connectivity index (χ2n) is 17.5. The number of fused-ring (bicyclic) bond motifs is 4. The van der Waals surface area contributed by atoms with E-state index in [2.05, 4.69) is 31.5 Å². The van der Waals surface area contributed by atoms with Gasteiger partial charge >= 0.3 is 12.1 Å². The highest BCUT2D eigenvalue weighted by Gasteiger charge is 2.39. The van der Waals surface area contributed by atoms with Gasteiger partial charge in [0.05, 0.1) is 11.2 Å². The first-order valence-electron chi connectivity index (χ1n) is 19.8. The summed E-state index contributed by atoms with van der Waals surface area (Å²) in [6, 6.07) is 5.69. The second kappa shape index (κ2) is 14.2. The number of carbonyl (C=O) groups excluding carboxylic acids is 2. The quantitative estimate of drug-likeness (QED) is 0.114. The summed E-state index contributed by atoms with van der Waals surface area (Å²) in [5.41, 5.74) is 8.72. The van der Waals surface area contributed by atoms with Crippen molar-refractivity contribution < 1.29 is 37.1 Å². The molecule has 14 nitrogen and oxygen atoms in total. The third-order valence-corrected chi connectivity index (χ3v) is 14.8. The number of urea groups is 2. The van der Waals surface area contributed by atoms with Crippen LogP contribution in [0.4, 0.5) is 21.0 Å². The summed E-state index contributed by atoms with van der Waals surface area (Å²) in [4.78, 5) is 27.0. The Labute approximate surface area is 339 Å². The molecule has 0 bridgehead atoms. The largest absolute Gasteiger partial charge is 0.450 e. The Hall–Kier alpha value is -4.32. The zero-order valence-electron chi connectivity index (χ0n) is 33.7. The number of anilines is 2. The molecule has 4 unspecified atom stereocenters. The van der Waals surface area contributed by atoms with Gasteiger partial charge in [0.1, 0.15) is 11.5 Å². The lowest BCUT2D eigenvalue weighted by Gasteiger charge is -2.18. The van der Waals surface area contributed by atoms with Crippen molar-refractivity contribution in [1.29, 1.82) is 0 Å². The number of benzene rings is 2. The van der Waals surface area contributed by atoms with E-state index in [-0.39, 0.29) is 22.0 Å². The monoisotopic (exact) mass is 832 g/mol. The van der Waals surface area contributed by atoms with Crippen LogP contribution in [0, 0.1) is 25.7 Å². The molecule has 2 aromatic heterocycles. The first-order chi connectivity index (χ1) is 27.1. The van der Waals surface area contributed by atoms with Crippen LogP contribution in [0.5, 0.6) is 0 Å². The van der Waals surface area contributed by atoms with Gasteiger partial charge in [-0.05, 0) is 162 Å². The Morgan fingerprint density at radius 3 is 1.36 bits per heavy atom. The second-order valence-corrected chi connectivity index (χ2v) is 20.9. The van der Waals surface area contributed by atoms with E-state index < -0.39 is 43.1 Å². The number of aliphatic hydroxyl groups is 2. The summed E-state index contributed by atoms with van der Waals surface area (Å²) in [5, 5.41) is 38.8. The maximum atomic E-state index is 13.5. The van der Waals surface area contributed by atoms with Crippen LogP contribution in [0.3, 0.4) is 0 Å². The Kier molecular flexibility index (Phi) is 9.88. The average molecular weight is 833 g/mol. The molecule has 0 aliphatic heterocycles. The minimum absolute atomic E-state index is 0.179. The number of hydrogen-bond acceptors (Lipinski definition) is 8. The van der Waals surface area contributed by atoms with E-state index in [4.69, 9.17) is 19.1 Å². The minimum atomic E-state index is -3.76. The standard InChI is InChI=1S/C42H52N6O8S2/c1-21-33(41(3,4)51)19-35(55-21)57(43,53)47-39(49)45-37-29-11-7-9-23(29)13-27-15-25(17-31(27)37)26-16-28-14-24-10-8-12-30(24)38(32(28)18-26)46-40(50)48-58(44,54)36-20-34(22(2)56-36)42(5,6)52/h13-14,19-20,25-26,51-52H,7-12,15-18H2,1-6H3,(H3,43,45,47,49,53)(H3,44,46,48,50,54). The molecule has 310 valence electrons. The number of nitrogens with zero attached hydrogens (tertiary/aromatic N) is 2. The van der Waals surface area contributed by atoms with Crippen LogP contribution in [0.2, 0.25) is 0 Å². The predicted molar refractivity (Wildman–Crippen MR) is 220 cm³/mol. The van der Waals surface area contributed by atoms with E-state index in [1.54, 1.807) is 41.5 Å². The summed E-state index contributed by atoms with van der Waals surface area (Å²) < 4.78 is 46.1. The van der Waals surface area contributed by atoms with Crippen molar-refractivity contribution in [2.75, 3.05) is 10.6 Å². The van der Waals surface area contributed by atoms with Crippen LogP contribution in [-0.4, -0.2) is 30.7 Å². The van der Waals surface area contributed by atoms with Gasteiger partial charge in [0.25, 0.3) is 0 Å². The number of nitrogens with one attached hydrogen (secondary N) is 2. The SMILES string of the molecule is Cc1oc(S(N)(=O)=NC(=O)Nc2c3c(cc4c2CC(C2Cc5cc6c(c(NC(=O)N=S(N)(=O)c7cc(C(C)(C)O)c(C)o7)c5C2)CCC6)C4)CCC3)cc1C(C)(C)O. The van der Waals surface area contributed by atoms with Crippen LogP contribution in [0.15, 0.2) is 52.0 Å². The molecular formula is C42H52N6O8S2. The number of furan rings is 2. The molecule has 4 aromatic rings. The van der Waals surface area contributed by atoms with Gasteiger partial charge < -0.3 is 29.7 Å². The number of aryl methyl sites for hydroxylation is 4. The molecule has 2 heterocycles. The molecule has 0 spiro atoms. The van der Waals surface area contributed by atoms with Crippen LogP contribution in [0.1, 0.15) is 108 Å². The Morgan fingerprint density at radius 2 is 1.02 bits per heavy atom. The highest BCUT2D eigenvalue weighted by atomic mass is 32.2. The van der Waals surface area contributed by atoms with E-state index in [0.29, 0.717) is 22.6 Å². The van der Waals surface area contributed by atoms with E-state index in [9.17, 15) is 28.2 Å². The van der Waals surface area contributed by atoms with Crippen LogP contribution < -0.4 is 20.9 Å². The predicted octanol–water partition coefficient (Wildman–Crippen LogP) is 6.92. The number of amides is 4. The molecule has 4 atom stereocenters. The smallest absolute Gasteiger partial charge is 0.354 e. The van der Waals surface area contributed by atoms with E-state index in [1.165, 1.54) is 34.4 Å². The van der Waals surface area contributed by atoms with Gasteiger partial charge in [-0.2, -0.15) is 0 Å².